The van der Waals surface area contributed by atoms with Gasteiger partial charge in [-0.25, -0.2) is 0 Å². The van der Waals surface area contributed by atoms with E-state index in [1.165, 1.54) is 24.2 Å². The van der Waals surface area contributed by atoms with E-state index in [0.717, 1.165) is 24.8 Å². The summed E-state index contributed by atoms with van der Waals surface area (Å²) in [6.45, 7) is 6.19. The SMILES string of the molecule is CCOc1ccc(C[C@@H](NC(=O)CC23CC4CC(CC(C4)C2)C3)C(=O)N[C@@H](Cc2ccccc2)C(=O)N[C@H](C(=O)N[C@@H](CC(N)=O)C(=O)N[C@@H](CCCCN)C(=O)N2CCC[C@H]2C(=O)N[C@@H](CCCN=C(N)N)C(=O)N[C@@H](CCCN=C(N)N)C(N)=O)C(C)C)cc1. The number of primary amides is 2. The number of nitrogens with one attached hydrogen (secondary N) is 7. The van der Waals surface area contributed by atoms with Gasteiger partial charge in [0.2, 0.25) is 59.1 Å². The Balaban J connectivity index is 1.17. The van der Waals surface area contributed by atoms with Crippen LogP contribution in [0.1, 0.15) is 141 Å². The van der Waals surface area contributed by atoms with E-state index in [1.807, 2.05) is 19.1 Å². The predicted molar refractivity (Wildman–Crippen MR) is 346 cm³/mol. The Morgan fingerprint density at radius 1 is 0.587 bits per heavy atom. The van der Waals surface area contributed by atoms with Crippen LogP contribution in [0, 0.1) is 29.1 Å². The third-order valence-corrected chi connectivity index (χ3v) is 17.8. The lowest BCUT2D eigenvalue weighted by Gasteiger charge is -2.56. The summed E-state index contributed by atoms with van der Waals surface area (Å²) in [6, 6.07) is 5.83. The lowest BCUT2D eigenvalue weighted by atomic mass is 9.49. The van der Waals surface area contributed by atoms with Gasteiger partial charge in [-0.1, -0.05) is 56.3 Å². The lowest BCUT2D eigenvalue weighted by Crippen LogP contribution is -2.61. The van der Waals surface area contributed by atoms with E-state index in [0.29, 0.717) is 61.4 Å². The van der Waals surface area contributed by atoms with Crippen LogP contribution in [0.5, 0.6) is 5.75 Å². The van der Waals surface area contributed by atoms with Crippen LogP contribution in [-0.2, 0) is 60.8 Å². The van der Waals surface area contributed by atoms with Gasteiger partial charge in [-0.05, 0) is 162 Å². The Morgan fingerprint density at radius 3 is 1.65 bits per heavy atom. The highest BCUT2D eigenvalue weighted by Crippen LogP contribution is 2.61. The predicted octanol–water partition coefficient (Wildman–Crippen LogP) is -0.886. The molecule has 2 aromatic rings. The molecule has 10 amide bonds. The van der Waals surface area contributed by atoms with Crippen molar-refractivity contribution in [1.29, 1.82) is 0 Å². The fourth-order valence-corrected chi connectivity index (χ4v) is 13.8. The largest absolute Gasteiger partial charge is 0.494 e. The number of ether oxygens (including phenoxy) is 1. The second-order valence-electron chi connectivity index (χ2n) is 25.7. The minimum absolute atomic E-state index is 0.0000175. The average molecular weight is 1280 g/mol. The summed E-state index contributed by atoms with van der Waals surface area (Å²) < 4.78 is 5.66. The average Bonchev–Trinajstić information content (AvgIpc) is 0.888. The molecule has 0 radical (unpaired) electrons. The van der Waals surface area contributed by atoms with Crippen molar-refractivity contribution in [3.8, 4) is 5.75 Å². The summed E-state index contributed by atoms with van der Waals surface area (Å²) >= 11 is 0. The molecule has 92 heavy (non-hydrogen) atoms. The van der Waals surface area contributed by atoms with E-state index in [-0.39, 0.29) is 101 Å². The monoisotopic (exact) mass is 1280 g/mol. The number of unbranched alkanes of at least 4 members (excludes halogenated alkanes) is 1. The van der Waals surface area contributed by atoms with E-state index >= 15 is 0 Å². The molecule has 0 unspecified atom stereocenters. The van der Waals surface area contributed by atoms with Crippen LogP contribution in [0.15, 0.2) is 64.6 Å². The molecule has 4 saturated carbocycles. The van der Waals surface area contributed by atoms with Crippen molar-refractivity contribution in [2.75, 3.05) is 32.8 Å². The van der Waals surface area contributed by atoms with Gasteiger partial charge in [-0.15, -0.1) is 0 Å². The van der Waals surface area contributed by atoms with E-state index in [1.54, 1.807) is 56.3 Å². The van der Waals surface area contributed by atoms with Crippen molar-refractivity contribution < 1.29 is 52.7 Å². The van der Waals surface area contributed by atoms with E-state index in [2.05, 4.69) is 47.2 Å². The molecule has 1 heterocycles. The maximum atomic E-state index is 14.8. The summed E-state index contributed by atoms with van der Waals surface area (Å²) in [4.78, 5) is 150. The van der Waals surface area contributed by atoms with Crippen molar-refractivity contribution in [2.45, 2.75) is 191 Å². The number of nitrogens with zero attached hydrogens (tertiary/aromatic N) is 3. The second-order valence-corrected chi connectivity index (χ2v) is 25.7. The van der Waals surface area contributed by atoms with Crippen LogP contribution in [0.4, 0.5) is 0 Å². The maximum Gasteiger partial charge on any atom is 0.245 e. The highest BCUT2D eigenvalue weighted by Gasteiger charge is 2.52. The van der Waals surface area contributed by atoms with Crippen LogP contribution in [0.2, 0.25) is 0 Å². The number of aliphatic imine (C=N–C) groups is 2. The number of nitrogens with two attached hydrogens (primary N) is 7. The molecule has 1 aliphatic heterocycles. The summed E-state index contributed by atoms with van der Waals surface area (Å²) in [5, 5.41) is 19.3. The van der Waals surface area contributed by atoms with Gasteiger partial charge in [0, 0.05) is 38.9 Å². The number of hydrogen-bond acceptors (Lipinski definition) is 14. The molecule has 506 valence electrons. The molecule has 0 spiro atoms. The van der Waals surface area contributed by atoms with Gasteiger partial charge in [0.05, 0.1) is 13.0 Å². The Morgan fingerprint density at radius 2 is 1.10 bits per heavy atom. The van der Waals surface area contributed by atoms with E-state index in [4.69, 9.17) is 44.9 Å². The Bertz CT molecular complexity index is 2890. The third kappa shape index (κ3) is 22.4. The van der Waals surface area contributed by atoms with Crippen LogP contribution >= 0.6 is 0 Å². The first-order chi connectivity index (χ1) is 43.9. The van der Waals surface area contributed by atoms with E-state index in [9.17, 15) is 47.9 Å². The summed E-state index contributed by atoms with van der Waals surface area (Å²) in [6.07, 6.45) is 8.08. The molecule has 5 fully saturated rings. The number of likely N-dealkylation sites (tertiary alicyclic amines) is 1. The fourth-order valence-electron chi connectivity index (χ4n) is 13.8. The van der Waals surface area contributed by atoms with Crippen LogP contribution in [0.3, 0.4) is 0 Å². The van der Waals surface area contributed by atoms with Gasteiger partial charge in [0.15, 0.2) is 11.9 Å². The topological polar surface area (TPSA) is 474 Å². The standard InChI is InChI=1S/C64H99N17O11/c1-4-92-43-21-19-39(20-22-43)31-47(74-52(83)36-64-33-40-27-41(34-64)29-42(28-40)35-64)56(86)78-48(30-38-13-6-5-7-14-38)58(88)80-53(37(2)3)60(90)79-49(32-51(66)82)57(87)77-46(15-8-9-23-65)61(91)81-26-12-18-50(81)59(89)76-45(17-11-25-73-63(70)71)55(85)75-44(54(67)84)16-10-24-72-62(68)69/h5-7,13-14,19-22,37,40-42,44-50,53H,4,8-12,15-18,23-36,65H2,1-3H3,(H2,66,82)(H2,67,84)(H,74,83)(H,75,85)(H,76,89)(H,77,87)(H,78,86)(H,79,90)(H,80,88)(H4,68,69,72)(H4,70,71,73)/t40?,41?,42?,44-,45-,46-,47+,48-,49-,50-,53-,64?/m0/s1. The van der Waals surface area contributed by atoms with Gasteiger partial charge in [0.1, 0.15) is 54.1 Å². The van der Waals surface area contributed by atoms with Gasteiger partial charge >= 0.3 is 0 Å². The Labute approximate surface area is 538 Å². The molecule has 8 atom stereocenters. The zero-order chi connectivity index (χ0) is 67.1. The number of benzene rings is 2. The normalized spacial score (nSPS) is 20.9. The van der Waals surface area contributed by atoms with E-state index < -0.39 is 114 Å². The first-order valence-electron chi connectivity index (χ1n) is 32.4. The van der Waals surface area contributed by atoms with Gasteiger partial charge in [-0.2, -0.15) is 0 Å². The molecule has 4 bridgehead atoms. The number of guanidine groups is 2. The molecule has 1 saturated heterocycles. The summed E-state index contributed by atoms with van der Waals surface area (Å²) in [7, 11) is 0. The smallest absolute Gasteiger partial charge is 0.245 e. The molecule has 28 heteroatoms. The van der Waals surface area contributed by atoms with Crippen molar-refractivity contribution in [3.63, 3.8) is 0 Å². The second kappa shape index (κ2) is 35.3. The number of rotatable bonds is 38. The summed E-state index contributed by atoms with van der Waals surface area (Å²) in [5.41, 5.74) is 40.3. The molecule has 4 aliphatic carbocycles. The van der Waals surface area contributed by atoms with Crippen LogP contribution in [-0.4, -0.2) is 157 Å². The van der Waals surface area contributed by atoms with Crippen molar-refractivity contribution in [3.05, 3.63) is 65.7 Å². The first-order valence-corrected chi connectivity index (χ1v) is 32.4. The van der Waals surface area contributed by atoms with Gasteiger partial charge < -0.3 is 87.0 Å². The van der Waals surface area contributed by atoms with Crippen LogP contribution in [0.25, 0.3) is 0 Å². The minimum atomic E-state index is -1.68. The zero-order valence-electron chi connectivity index (χ0n) is 53.5. The molecule has 21 N–H and O–H groups in total. The van der Waals surface area contributed by atoms with Gasteiger partial charge in [-0.3, -0.25) is 57.9 Å². The molecule has 5 aliphatic rings. The van der Waals surface area contributed by atoms with Crippen molar-refractivity contribution >= 4 is 71.0 Å². The number of hydrogen-bond donors (Lipinski definition) is 14. The fraction of sp³-hybridized carbons (Fsp3) is 0.625. The lowest BCUT2D eigenvalue weighted by molar-refractivity contribution is -0.143. The first kappa shape index (κ1) is 72.5. The molecular weight excluding hydrogens is 1180 g/mol. The number of carbonyl (C=O) groups is 10. The highest BCUT2D eigenvalue weighted by molar-refractivity contribution is 5.99. The Kier molecular flexibility index (Phi) is 27.8. The quantitative estimate of drug-likeness (QED) is 0.0220. The molecular formula is C64H99N17O11. The van der Waals surface area contributed by atoms with Gasteiger partial charge in [0.25, 0.3) is 0 Å². The minimum Gasteiger partial charge on any atom is -0.494 e. The number of carbonyl (C=O) groups excluding carboxylic acids is 10. The molecule has 0 aromatic heterocycles. The molecule has 2 aromatic carbocycles. The maximum absolute atomic E-state index is 14.8. The summed E-state index contributed by atoms with van der Waals surface area (Å²) in [5.74, 6) is -6.00. The zero-order valence-corrected chi connectivity index (χ0v) is 53.5. The van der Waals surface area contributed by atoms with Crippen LogP contribution < -0.4 is 82.1 Å². The van der Waals surface area contributed by atoms with Crippen molar-refractivity contribution in [1.82, 2.24) is 42.1 Å². The molecule has 7 rings (SSSR count). The highest BCUT2D eigenvalue weighted by atomic mass is 16.5. The third-order valence-electron chi connectivity index (χ3n) is 17.8. The molecule has 28 nitrogen and oxygen atoms in total. The number of amides is 10. The van der Waals surface area contributed by atoms with Crippen molar-refractivity contribution in [2.24, 2.45) is 79.2 Å². The Hall–Kier alpha value is -8.56.